The minimum Gasteiger partial charge on any atom is -0.354 e. The third kappa shape index (κ3) is 2.74. The summed E-state index contributed by atoms with van der Waals surface area (Å²) in [6.07, 6.45) is 0. The number of hydrogen-bond donors (Lipinski definition) is 2. The first-order chi connectivity index (χ1) is 11.5. The maximum absolute atomic E-state index is 12.7. The normalized spacial score (nSPS) is 10.9. The van der Waals surface area contributed by atoms with Crippen LogP contribution in [0.4, 0.5) is 11.6 Å². The standard InChI is InChI=1S/C15H15N5O3S/c1-19-14(21)12-11(9-3-2-4-10(7-9)20(22)23)8-24-13(12)18-15(19)17-6-5-16/h2-4,7-8H,5-6,16H2,1H3,(H,17,18). The molecule has 0 aliphatic carbocycles. The summed E-state index contributed by atoms with van der Waals surface area (Å²) in [6, 6.07) is 6.23. The van der Waals surface area contributed by atoms with Gasteiger partial charge >= 0.3 is 0 Å². The number of nitrogens with two attached hydrogens (primary N) is 1. The number of rotatable bonds is 5. The molecule has 0 bridgehead atoms. The van der Waals surface area contributed by atoms with Gasteiger partial charge in [-0.3, -0.25) is 19.5 Å². The van der Waals surface area contributed by atoms with Crippen molar-refractivity contribution in [1.29, 1.82) is 0 Å². The van der Waals surface area contributed by atoms with Gasteiger partial charge in [0, 0.05) is 43.2 Å². The second-order valence-corrected chi connectivity index (χ2v) is 6.01. The van der Waals surface area contributed by atoms with Gasteiger partial charge in [0.15, 0.2) is 0 Å². The van der Waals surface area contributed by atoms with Crippen LogP contribution in [0.3, 0.4) is 0 Å². The summed E-state index contributed by atoms with van der Waals surface area (Å²) in [6.45, 7) is 0.937. The Bertz CT molecular complexity index is 979. The number of anilines is 1. The molecule has 2 aromatic heterocycles. The van der Waals surface area contributed by atoms with Crippen molar-refractivity contribution in [2.24, 2.45) is 12.8 Å². The molecule has 0 radical (unpaired) electrons. The summed E-state index contributed by atoms with van der Waals surface area (Å²) >= 11 is 1.33. The Morgan fingerprint density at radius 2 is 2.25 bits per heavy atom. The van der Waals surface area contributed by atoms with Crippen molar-refractivity contribution >= 4 is 33.2 Å². The third-order valence-electron chi connectivity index (χ3n) is 3.61. The summed E-state index contributed by atoms with van der Waals surface area (Å²) in [7, 11) is 1.63. The topological polar surface area (TPSA) is 116 Å². The fourth-order valence-electron chi connectivity index (χ4n) is 2.41. The van der Waals surface area contributed by atoms with Crippen LogP contribution < -0.4 is 16.6 Å². The summed E-state index contributed by atoms with van der Waals surface area (Å²) in [5.41, 5.74) is 6.52. The van der Waals surface area contributed by atoms with Gasteiger partial charge in [-0.05, 0) is 5.56 Å². The molecule has 1 aromatic carbocycles. The van der Waals surface area contributed by atoms with Gasteiger partial charge in [0.2, 0.25) is 5.95 Å². The molecule has 3 rings (SSSR count). The predicted octanol–water partition coefficient (Wildman–Crippen LogP) is 1.94. The number of non-ortho nitro benzene ring substituents is 1. The van der Waals surface area contributed by atoms with Crippen molar-refractivity contribution in [1.82, 2.24) is 9.55 Å². The molecule has 8 nitrogen and oxygen atoms in total. The SMILES string of the molecule is Cn1c(NCCN)nc2scc(-c3cccc([N+](=O)[O-])c3)c2c1=O. The maximum Gasteiger partial charge on any atom is 0.270 e. The Morgan fingerprint density at radius 3 is 2.96 bits per heavy atom. The van der Waals surface area contributed by atoms with Crippen molar-refractivity contribution in [3.8, 4) is 11.1 Å². The molecule has 9 heteroatoms. The fraction of sp³-hybridized carbons (Fsp3) is 0.200. The number of nitrogens with zero attached hydrogens (tertiary/aromatic N) is 3. The lowest BCUT2D eigenvalue weighted by atomic mass is 10.1. The molecule has 24 heavy (non-hydrogen) atoms. The maximum atomic E-state index is 12.7. The highest BCUT2D eigenvalue weighted by atomic mass is 32.1. The minimum absolute atomic E-state index is 0.0159. The van der Waals surface area contributed by atoms with E-state index < -0.39 is 4.92 Å². The smallest absolute Gasteiger partial charge is 0.270 e. The lowest BCUT2D eigenvalue weighted by Gasteiger charge is -2.09. The van der Waals surface area contributed by atoms with Gasteiger partial charge in [-0.1, -0.05) is 12.1 Å². The Kier molecular flexibility index (Phi) is 4.28. The number of nitrogens with one attached hydrogen (secondary N) is 1. The lowest BCUT2D eigenvalue weighted by molar-refractivity contribution is -0.384. The predicted molar refractivity (Wildman–Crippen MR) is 94.5 cm³/mol. The highest BCUT2D eigenvalue weighted by Crippen LogP contribution is 2.32. The van der Waals surface area contributed by atoms with Crippen LogP contribution in [-0.2, 0) is 7.05 Å². The zero-order chi connectivity index (χ0) is 17.3. The number of aromatic nitrogens is 2. The van der Waals surface area contributed by atoms with E-state index in [4.69, 9.17) is 5.73 Å². The van der Waals surface area contributed by atoms with Crippen LogP contribution in [0.5, 0.6) is 0 Å². The number of fused-ring (bicyclic) bond motifs is 1. The number of hydrogen-bond acceptors (Lipinski definition) is 7. The van der Waals surface area contributed by atoms with Gasteiger partial charge in [-0.2, -0.15) is 0 Å². The second-order valence-electron chi connectivity index (χ2n) is 5.15. The van der Waals surface area contributed by atoms with E-state index in [0.717, 1.165) is 0 Å². The van der Waals surface area contributed by atoms with E-state index in [0.29, 0.717) is 40.4 Å². The van der Waals surface area contributed by atoms with Gasteiger partial charge in [0.1, 0.15) is 4.83 Å². The van der Waals surface area contributed by atoms with E-state index in [2.05, 4.69) is 10.3 Å². The number of nitro groups is 1. The highest BCUT2D eigenvalue weighted by molar-refractivity contribution is 7.17. The fourth-order valence-corrected chi connectivity index (χ4v) is 3.35. The van der Waals surface area contributed by atoms with Gasteiger partial charge in [0.25, 0.3) is 11.2 Å². The highest BCUT2D eigenvalue weighted by Gasteiger charge is 2.16. The molecule has 0 spiro atoms. The van der Waals surface area contributed by atoms with Crippen molar-refractivity contribution in [3.63, 3.8) is 0 Å². The van der Waals surface area contributed by atoms with Crippen LogP contribution >= 0.6 is 11.3 Å². The molecule has 0 aliphatic rings. The van der Waals surface area contributed by atoms with Gasteiger partial charge in [-0.25, -0.2) is 4.98 Å². The second kappa shape index (κ2) is 6.38. The van der Waals surface area contributed by atoms with Crippen LogP contribution in [-0.4, -0.2) is 27.6 Å². The molecule has 0 saturated heterocycles. The van der Waals surface area contributed by atoms with Gasteiger partial charge in [0.05, 0.1) is 10.3 Å². The Balaban J connectivity index is 2.18. The minimum atomic E-state index is -0.455. The molecular formula is C15H15N5O3S. The quantitative estimate of drug-likeness (QED) is 0.539. The lowest BCUT2D eigenvalue weighted by Crippen LogP contribution is -2.24. The summed E-state index contributed by atoms with van der Waals surface area (Å²) in [4.78, 5) is 28.3. The number of thiophene rings is 1. The monoisotopic (exact) mass is 345 g/mol. The Labute approximate surface area is 140 Å². The molecule has 0 aliphatic heterocycles. The van der Waals surface area contributed by atoms with Crippen molar-refractivity contribution in [2.75, 3.05) is 18.4 Å². The average Bonchev–Trinajstić information content (AvgIpc) is 3.01. The van der Waals surface area contributed by atoms with Crippen LogP contribution in [0, 0.1) is 10.1 Å². The van der Waals surface area contributed by atoms with Crippen molar-refractivity contribution in [3.05, 3.63) is 50.1 Å². The van der Waals surface area contributed by atoms with Crippen LogP contribution in [0.2, 0.25) is 0 Å². The zero-order valence-electron chi connectivity index (χ0n) is 12.9. The number of nitro benzene ring substituents is 1. The van der Waals surface area contributed by atoms with Crippen molar-refractivity contribution < 1.29 is 4.92 Å². The molecule has 0 atom stereocenters. The molecule has 0 unspecified atom stereocenters. The summed E-state index contributed by atoms with van der Waals surface area (Å²) < 4.78 is 1.42. The van der Waals surface area contributed by atoms with Gasteiger partial charge < -0.3 is 11.1 Å². The largest absolute Gasteiger partial charge is 0.354 e. The van der Waals surface area contributed by atoms with E-state index in [9.17, 15) is 14.9 Å². The number of benzene rings is 1. The van der Waals surface area contributed by atoms with Crippen LogP contribution in [0.25, 0.3) is 21.3 Å². The average molecular weight is 345 g/mol. The Morgan fingerprint density at radius 1 is 1.46 bits per heavy atom. The molecule has 3 aromatic rings. The van der Waals surface area contributed by atoms with Crippen molar-refractivity contribution in [2.45, 2.75) is 0 Å². The van der Waals surface area contributed by atoms with Gasteiger partial charge in [-0.15, -0.1) is 11.3 Å². The zero-order valence-corrected chi connectivity index (χ0v) is 13.7. The Hall–Kier alpha value is -2.78. The van der Waals surface area contributed by atoms with E-state index in [1.54, 1.807) is 24.6 Å². The first kappa shape index (κ1) is 16.1. The molecule has 0 fully saturated rings. The first-order valence-corrected chi connectivity index (χ1v) is 8.08. The van der Waals surface area contributed by atoms with E-state index >= 15 is 0 Å². The molecule has 2 heterocycles. The molecule has 124 valence electrons. The molecule has 0 saturated carbocycles. The molecule has 0 amide bonds. The summed E-state index contributed by atoms with van der Waals surface area (Å²) in [5.74, 6) is 0.449. The third-order valence-corrected chi connectivity index (χ3v) is 4.48. The summed E-state index contributed by atoms with van der Waals surface area (Å²) in [5, 5.41) is 16.2. The van der Waals surface area contributed by atoms with E-state index in [-0.39, 0.29) is 11.2 Å². The van der Waals surface area contributed by atoms with E-state index in [1.807, 2.05) is 0 Å². The molecule has 3 N–H and O–H groups in total. The molecular weight excluding hydrogens is 330 g/mol. The van der Waals surface area contributed by atoms with Crippen LogP contribution in [0.1, 0.15) is 0 Å². The first-order valence-electron chi connectivity index (χ1n) is 7.20. The van der Waals surface area contributed by atoms with Crippen LogP contribution in [0.15, 0.2) is 34.4 Å². The van der Waals surface area contributed by atoms with E-state index in [1.165, 1.54) is 28.0 Å².